The van der Waals surface area contributed by atoms with Crippen molar-refractivity contribution in [2.75, 3.05) is 12.4 Å². The summed E-state index contributed by atoms with van der Waals surface area (Å²) in [5.74, 6) is -0.472. The monoisotopic (exact) mass is 313 g/mol. The van der Waals surface area contributed by atoms with E-state index in [1.54, 1.807) is 19.1 Å². The number of rotatable bonds is 3. The first-order chi connectivity index (χ1) is 9.52. The van der Waals surface area contributed by atoms with Gasteiger partial charge in [0.1, 0.15) is 17.1 Å². The molecule has 0 bridgehead atoms. The zero-order valence-corrected chi connectivity index (χ0v) is 12.3. The van der Waals surface area contributed by atoms with Gasteiger partial charge in [0.15, 0.2) is 0 Å². The van der Waals surface area contributed by atoms with Crippen molar-refractivity contribution >= 4 is 52.0 Å². The number of imide groups is 1. The summed E-state index contributed by atoms with van der Waals surface area (Å²) in [6.07, 6.45) is 0. The van der Waals surface area contributed by atoms with Crippen LogP contribution < -0.4 is 16.0 Å². The van der Waals surface area contributed by atoms with Crippen LogP contribution in [0.3, 0.4) is 0 Å². The normalized spacial score (nSPS) is 11.9. The first-order valence-electron chi connectivity index (χ1n) is 5.72. The number of benzene rings is 1. The maximum absolute atomic E-state index is 11.8. The highest BCUT2D eigenvalue weighted by atomic mass is 35.5. The molecule has 0 aliphatic carbocycles. The summed E-state index contributed by atoms with van der Waals surface area (Å²) in [4.78, 5) is 22.9. The fraction of sp³-hybridized carbons (Fsp3) is 0.273. The number of anilines is 1. The van der Waals surface area contributed by atoms with Crippen LogP contribution in [0.5, 0.6) is 0 Å². The topological polar surface area (TPSA) is 96.0 Å². The summed E-state index contributed by atoms with van der Waals surface area (Å²) in [5.41, 5.74) is 1.82. The summed E-state index contributed by atoms with van der Waals surface area (Å²) in [7, 11) is 1.43. The van der Waals surface area contributed by atoms with Gasteiger partial charge in [0.25, 0.3) is 0 Å². The van der Waals surface area contributed by atoms with E-state index in [1.807, 2.05) is 0 Å². The third-order valence-corrected chi connectivity index (χ3v) is 3.45. The van der Waals surface area contributed by atoms with Crippen LogP contribution in [0.25, 0.3) is 11.0 Å². The standard InChI is InChI=1S/C11H12ClN5O2S/c1-5(10(18)15-11(19)13-2)14-8-6(12)3-4-7-9(8)17-20-16-7/h3-5,14H,1-2H3,(H2,13,15,18,19). The fourth-order valence-electron chi connectivity index (χ4n) is 1.53. The van der Waals surface area contributed by atoms with Crippen LogP contribution >= 0.6 is 23.3 Å². The first-order valence-corrected chi connectivity index (χ1v) is 6.83. The van der Waals surface area contributed by atoms with Gasteiger partial charge >= 0.3 is 6.03 Å². The third kappa shape index (κ3) is 2.97. The number of hydrogen-bond acceptors (Lipinski definition) is 6. The second-order valence-electron chi connectivity index (χ2n) is 3.99. The zero-order chi connectivity index (χ0) is 14.7. The van der Waals surface area contributed by atoms with E-state index in [1.165, 1.54) is 7.05 Å². The van der Waals surface area contributed by atoms with Gasteiger partial charge in [-0.15, -0.1) is 0 Å². The van der Waals surface area contributed by atoms with Gasteiger partial charge in [-0.05, 0) is 19.1 Å². The van der Waals surface area contributed by atoms with Gasteiger partial charge in [0, 0.05) is 7.05 Å². The van der Waals surface area contributed by atoms with Crippen LogP contribution in [0.15, 0.2) is 12.1 Å². The lowest BCUT2D eigenvalue weighted by Gasteiger charge is -2.15. The molecule has 0 saturated heterocycles. The summed E-state index contributed by atoms with van der Waals surface area (Å²) in [6.45, 7) is 1.62. The number of fused-ring (bicyclic) bond motifs is 1. The molecule has 3 amide bonds. The first kappa shape index (κ1) is 14.5. The zero-order valence-electron chi connectivity index (χ0n) is 10.7. The van der Waals surface area contributed by atoms with Gasteiger partial charge in [0.2, 0.25) is 5.91 Å². The molecule has 1 unspecified atom stereocenters. The summed E-state index contributed by atoms with van der Waals surface area (Å²) in [5, 5.41) is 7.87. The van der Waals surface area contributed by atoms with Gasteiger partial charge in [-0.25, -0.2) is 4.79 Å². The second-order valence-corrected chi connectivity index (χ2v) is 4.92. The Labute approximate surface area is 124 Å². The van der Waals surface area contributed by atoms with E-state index in [9.17, 15) is 9.59 Å². The molecule has 1 atom stereocenters. The number of carbonyl (C=O) groups excluding carboxylic acids is 2. The Bertz CT molecular complexity index is 659. The van der Waals surface area contributed by atoms with Crippen LogP contribution in [0, 0.1) is 0 Å². The molecular weight excluding hydrogens is 302 g/mol. The average molecular weight is 314 g/mol. The molecule has 1 aromatic heterocycles. The number of carbonyl (C=O) groups is 2. The lowest BCUT2D eigenvalue weighted by atomic mass is 10.2. The molecule has 0 aliphatic heterocycles. The predicted octanol–water partition coefficient (Wildman–Crippen LogP) is 1.60. The van der Waals surface area contributed by atoms with Gasteiger partial charge < -0.3 is 10.6 Å². The lowest BCUT2D eigenvalue weighted by molar-refractivity contribution is -0.120. The number of nitrogens with zero attached hydrogens (tertiary/aromatic N) is 2. The Hall–Kier alpha value is -1.93. The maximum Gasteiger partial charge on any atom is 0.321 e. The Balaban J connectivity index is 2.19. The molecule has 1 heterocycles. The van der Waals surface area contributed by atoms with E-state index < -0.39 is 18.0 Å². The SMILES string of the molecule is CNC(=O)NC(=O)C(C)Nc1c(Cl)ccc2nsnc12. The number of halogens is 1. The van der Waals surface area contributed by atoms with Crippen molar-refractivity contribution in [3.05, 3.63) is 17.2 Å². The van der Waals surface area contributed by atoms with Crippen LogP contribution in [0.1, 0.15) is 6.92 Å². The van der Waals surface area contributed by atoms with Crippen molar-refractivity contribution in [1.82, 2.24) is 19.4 Å². The Kier molecular flexibility index (Phi) is 4.35. The van der Waals surface area contributed by atoms with E-state index in [2.05, 4.69) is 24.7 Å². The molecule has 7 nitrogen and oxygen atoms in total. The quantitative estimate of drug-likeness (QED) is 0.800. The minimum atomic E-state index is -0.655. The Morgan fingerprint density at radius 1 is 1.35 bits per heavy atom. The van der Waals surface area contributed by atoms with Crippen LogP contribution in [-0.4, -0.2) is 33.8 Å². The van der Waals surface area contributed by atoms with E-state index in [4.69, 9.17) is 11.6 Å². The molecule has 2 aromatic rings. The molecule has 0 spiro atoms. The molecule has 0 saturated carbocycles. The molecule has 0 aliphatic rings. The van der Waals surface area contributed by atoms with Gasteiger partial charge in [-0.3, -0.25) is 10.1 Å². The van der Waals surface area contributed by atoms with Crippen molar-refractivity contribution in [2.24, 2.45) is 0 Å². The Morgan fingerprint density at radius 2 is 2.10 bits per heavy atom. The summed E-state index contributed by atoms with van der Waals surface area (Å²) < 4.78 is 8.24. The van der Waals surface area contributed by atoms with Crippen LogP contribution in [0.4, 0.5) is 10.5 Å². The second kappa shape index (κ2) is 6.02. The molecule has 0 fully saturated rings. The van der Waals surface area contributed by atoms with Crippen molar-refractivity contribution < 1.29 is 9.59 Å². The smallest absolute Gasteiger partial charge is 0.321 e. The van der Waals surface area contributed by atoms with Gasteiger partial charge in [0.05, 0.1) is 22.4 Å². The van der Waals surface area contributed by atoms with Crippen LogP contribution in [0.2, 0.25) is 5.02 Å². The molecule has 0 radical (unpaired) electrons. The largest absolute Gasteiger partial charge is 0.371 e. The third-order valence-electron chi connectivity index (χ3n) is 2.59. The fourth-order valence-corrected chi connectivity index (χ4v) is 2.28. The summed E-state index contributed by atoms with van der Waals surface area (Å²) in [6, 6.07) is 2.21. The minimum absolute atomic E-state index is 0.435. The van der Waals surface area contributed by atoms with Gasteiger partial charge in [-0.1, -0.05) is 11.6 Å². The lowest BCUT2D eigenvalue weighted by Crippen LogP contribution is -2.44. The molecule has 106 valence electrons. The maximum atomic E-state index is 11.8. The van der Waals surface area contributed by atoms with Crippen molar-refractivity contribution in [1.29, 1.82) is 0 Å². The van der Waals surface area contributed by atoms with E-state index >= 15 is 0 Å². The van der Waals surface area contributed by atoms with Crippen LogP contribution in [-0.2, 0) is 4.79 Å². The number of aromatic nitrogens is 2. The molecule has 9 heteroatoms. The molecule has 2 rings (SSSR count). The van der Waals surface area contributed by atoms with Crippen molar-refractivity contribution in [3.63, 3.8) is 0 Å². The van der Waals surface area contributed by atoms with Crippen molar-refractivity contribution in [3.8, 4) is 0 Å². The molecule has 20 heavy (non-hydrogen) atoms. The number of nitrogens with one attached hydrogen (secondary N) is 3. The predicted molar refractivity (Wildman–Crippen MR) is 78.1 cm³/mol. The molecular formula is C11H12ClN5O2S. The number of urea groups is 1. The van der Waals surface area contributed by atoms with Gasteiger partial charge in [-0.2, -0.15) is 8.75 Å². The highest BCUT2D eigenvalue weighted by Gasteiger charge is 2.18. The number of amides is 3. The molecule has 1 aromatic carbocycles. The van der Waals surface area contributed by atoms with E-state index in [-0.39, 0.29) is 0 Å². The Morgan fingerprint density at radius 3 is 2.80 bits per heavy atom. The highest BCUT2D eigenvalue weighted by Crippen LogP contribution is 2.30. The average Bonchev–Trinajstić information content (AvgIpc) is 2.90. The van der Waals surface area contributed by atoms with E-state index in [0.29, 0.717) is 21.7 Å². The number of hydrogen-bond donors (Lipinski definition) is 3. The molecule has 3 N–H and O–H groups in total. The highest BCUT2D eigenvalue weighted by molar-refractivity contribution is 7.00. The van der Waals surface area contributed by atoms with Crippen molar-refractivity contribution in [2.45, 2.75) is 13.0 Å². The minimum Gasteiger partial charge on any atom is -0.371 e. The van der Waals surface area contributed by atoms with E-state index in [0.717, 1.165) is 11.7 Å². The summed E-state index contributed by atoms with van der Waals surface area (Å²) >= 11 is 7.17.